The van der Waals surface area contributed by atoms with Crippen LogP contribution in [0.5, 0.6) is 0 Å². The maximum Gasteiger partial charge on any atom is 0.416 e. The van der Waals surface area contributed by atoms with Crippen LogP contribution in [0, 0.1) is 5.82 Å². The van der Waals surface area contributed by atoms with Crippen molar-refractivity contribution in [3.05, 3.63) is 42.0 Å². The number of aromatic nitrogens is 2. The molecule has 0 unspecified atom stereocenters. The van der Waals surface area contributed by atoms with Crippen molar-refractivity contribution in [1.82, 2.24) is 9.97 Å². The Morgan fingerprint density at radius 2 is 1.83 bits per heavy atom. The van der Waals surface area contributed by atoms with Gasteiger partial charge in [-0.1, -0.05) is 12.1 Å². The third-order valence-corrected chi connectivity index (χ3v) is 2.28. The second-order valence-electron chi connectivity index (χ2n) is 3.50. The Morgan fingerprint density at radius 1 is 1.11 bits per heavy atom. The highest BCUT2D eigenvalue weighted by molar-refractivity contribution is 5.63. The van der Waals surface area contributed by atoms with E-state index in [1.807, 2.05) is 0 Å². The fraction of sp³-hybridized carbons (Fsp3) is 0.0909. The molecular formula is C11H7F4N3. The van der Waals surface area contributed by atoms with E-state index >= 15 is 0 Å². The Kier molecular flexibility index (Phi) is 2.90. The first-order valence-corrected chi connectivity index (χ1v) is 4.83. The van der Waals surface area contributed by atoms with Crippen molar-refractivity contribution >= 4 is 5.82 Å². The fourth-order valence-electron chi connectivity index (χ4n) is 1.43. The van der Waals surface area contributed by atoms with Crippen molar-refractivity contribution in [3.63, 3.8) is 0 Å². The molecule has 0 atom stereocenters. The van der Waals surface area contributed by atoms with Crippen molar-refractivity contribution in [2.24, 2.45) is 0 Å². The first-order valence-electron chi connectivity index (χ1n) is 4.83. The van der Waals surface area contributed by atoms with Gasteiger partial charge in [0, 0.05) is 5.56 Å². The smallest absolute Gasteiger partial charge is 0.381 e. The van der Waals surface area contributed by atoms with Gasteiger partial charge in [0.15, 0.2) is 11.6 Å². The van der Waals surface area contributed by atoms with E-state index in [2.05, 4.69) is 9.97 Å². The van der Waals surface area contributed by atoms with Crippen LogP contribution in [0.3, 0.4) is 0 Å². The minimum atomic E-state index is -4.49. The van der Waals surface area contributed by atoms with Crippen molar-refractivity contribution < 1.29 is 17.6 Å². The lowest BCUT2D eigenvalue weighted by Gasteiger charge is -2.09. The topological polar surface area (TPSA) is 51.8 Å². The lowest BCUT2D eigenvalue weighted by Crippen LogP contribution is -2.05. The molecule has 0 radical (unpaired) electrons. The molecule has 0 aliphatic heterocycles. The largest absolute Gasteiger partial charge is 0.416 e. The molecule has 2 N–H and O–H groups in total. The van der Waals surface area contributed by atoms with Crippen LogP contribution in [-0.2, 0) is 6.18 Å². The van der Waals surface area contributed by atoms with Crippen molar-refractivity contribution in [2.45, 2.75) is 6.18 Å². The van der Waals surface area contributed by atoms with Gasteiger partial charge in [0.2, 0.25) is 0 Å². The quantitative estimate of drug-likeness (QED) is 0.799. The molecule has 94 valence electrons. The summed E-state index contributed by atoms with van der Waals surface area (Å²) in [5.74, 6) is -1.34. The normalized spacial score (nSPS) is 11.6. The molecule has 0 bridgehead atoms. The van der Waals surface area contributed by atoms with Crippen molar-refractivity contribution in [2.75, 3.05) is 5.73 Å². The summed E-state index contributed by atoms with van der Waals surface area (Å²) < 4.78 is 51.1. The van der Waals surface area contributed by atoms with E-state index in [0.717, 1.165) is 18.5 Å². The predicted octanol–water partition coefficient (Wildman–Crippen LogP) is 2.88. The second kappa shape index (κ2) is 4.25. The zero-order valence-corrected chi connectivity index (χ0v) is 8.87. The number of halogens is 4. The Labute approximate surface area is 99.3 Å². The van der Waals surface area contributed by atoms with Gasteiger partial charge in [0.25, 0.3) is 0 Å². The standard InChI is InChI=1S/C11H7F4N3/c12-8-9(17-5-18-10(8)16)6-2-1-3-7(4-6)11(13,14)15/h1-5H,(H2,16,17,18). The SMILES string of the molecule is Nc1ncnc(-c2cccc(C(F)(F)F)c2)c1F. The third kappa shape index (κ3) is 2.24. The van der Waals surface area contributed by atoms with E-state index in [9.17, 15) is 17.6 Å². The van der Waals surface area contributed by atoms with Crippen LogP contribution < -0.4 is 5.73 Å². The third-order valence-electron chi connectivity index (χ3n) is 2.28. The number of benzene rings is 1. The highest BCUT2D eigenvalue weighted by Crippen LogP contribution is 2.32. The summed E-state index contributed by atoms with van der Waals surface area (Å²) in [5, 5.41) is 0. The number of anilines is 1. The molecule has 18 heavy (non-hydrogen) atoms. The van der Waals surface area contributed by atoms with Crippen LogP contribution >= 0.6 is 0 Å². The summed E-state index contributed by atoms with van der Waals surface area (Å²) in [4.78, 5) is 7.00. The number of nitrogens with zero attached hydrogens (tertiary/aromatic N) is 2. The Morgan fingerprint density at radius 3 is 2.50 bits per heavy atom. The maximum atomic E-state index is 13.6. The monoisotopic (exact) mass is 257 g/mol. The van der Waals surface area contributed by atoms with E-state index in [-0.39, 0.29) is 11.3 Å². The molecule has 1 aromatic carbocycles. The zero-order valence-electron chi connectivity index (χ0n) is 8.87. The Bertz CT molecular complexity index is 581. The number of hydrogen-bond donors (Lipinski definition) is 1. The van der Waals surface area contributed by atoms with Crippen LogP contribution in [-0.4, -0.2) is 9.97 Å². The summed E-state index contributed by atoms with van der Waals surface area (Å²) in [6.45, 7) is 0. The first-order chi connectivity index (χ1) is 8.39. The summed E-state index contributed by atoms with van der Waals surface area (Å²) in [5.41, 5.74) is 4.10. The molecule has 0 fully saturated rings. The molecule has 1 heterocycles. The molecule has 3 nitrogen and oxygen atoms in total. The highest BCUT2D eigenvalue weighted by Gasteiger charge is 2.30. The van der Waals surface area contributed by atoms with E-state index < -0.39 is 23.4 Å². The summed E-state index contributed by atoms with van der Waals surface area (Å²) >= 11 is 0. The molecule has 0 spiro atoms. The second-order valence-corrected chi connectivity index (χ2v) is 3.50. The lowest BCUT2D eigenvalue weighted by molar-refractivity contribution is -0.137. The van der Waals surface area contributed by atoms with Gasteiger partial charge in [-0.3, -0.25) is 0 Å². The summed E-state index contributed by atoms with van der Waals surface area (Å²) in [6.07, 6.45) is -3.50. The van der Waals surface area contributed by atoms with Gasteiger partial charge in [0.1, 0.15) is 12.0 Å². The van der Waals surface area contributed by atoms with E-state index in [0.29, 0.717) is 0 Å². The molecule has 1 aromatic heterocycles. The van der Waals surface area contributed by atoms with E-state index in [1.54, 1.807) is 0 Å². The molecular weight excluding hydrogens is 250 g/mol. The molecule has 0 aliphatic carbocycles. The maximum absolute atomic E-state index is 13.6. The minimum Gasteiger partial charge on any atom is -0.381 e. The van der Waals surface area contributed by atoms with Gasteiger partial charge in [-0.25, -0.2) is 14.4 Å². The molecule has 2 rings (SSSR count). The first kappa shape index (κ1) is 12.3. The fourth-order valence-corrected chi connectivity index (χ4v) is 1.43. The predicted molar refractivity (Wildman–Crippen MR) is 56.8 cm³/mol. The summed E-state index contributed by atoms with van der Waals surface area (Å²) in [7, 11) is 0. The van der Waals surface area contributed by atoms with Gasteiger partial charge in [-0.15, -0.1) is 0 Å². The molecule has 0 saturated heterocycles. The summed E-state index contributed by atoms with van der Waals surface area (Å²) in [6, 6.07) is 4.20. The van der Waals surface area contributed by atoms with Crippen LogP contribution in [0.1, 0.15) is 5.56 Å². The van der Waals surface area contributed by atoms with Crippen LogP contribution in [0.4, 0.5) is 23.4 Å². The number of rotatable bonds is 1. The Hall–Kier alpha value is -2.18. The van der Waals surface area contributed by atoms with Gasteiger partial charge in [-0.2, -0.15) is 13.2 Å². The number of nitrogens with two attached hydrogens (primary N) is 1. The van der Waals surface area contributed by atoms with E-state index in [1.165, 1.54) is 12.1 Å². The van der Waals surface area contributed by atoms with E-state index in [4.69, 9.17) is 5.73 Å². The average Bonchev–Trinajstić information content (AvgIpc) is 2.32. The van der Waals surface area contributed by atoms with Gasteiger partial charge < -0.3 is 5.73 Å². The highest BCUT2D eigenvalue weighted by atomic mass is 19.4. The van der Waals surface area contributed by atoms with Crippen LogP contribution in [0.2, 0.25) is 0 Å². The van der Waals surface area contributed by atoms with Crippen LogP contribution in [0.15, 0.2) is 30.6 Å². The molecule has 0 amide bonds. The minimum absolute atomic E-state index is 0.00331. The number of hydrogen-bond acceptors (Lipinski definition) is 3. The average molecular weight is 257 g/mol. The van der Waals surface area contributed by atoms with Crippen molar-refractivity contribution in [3.8, 4) is 11.3 Å². The lowest BCUT2D eigenvalue weighted by atomic mass is 10.1. The molecule has 0 aliphatic rings. The van der Waals surface area contributed by atoms with Crippen LogP contribution in [0.25, 0.3) is 11.3 Å². The Balaban J connectivity index is 2.55. The van der Waals surface area contributed by atoms with Gasteiger partial charge in [-0.05, 0) is 12.1 Å². The molecule has 7 heteroatoms. The van der Waals surface area contributed by atoms with Gasteiger partial charge in [0.05, 0.1) is 5.56 Å². The zero-order chi connectivity index (χ0) is 13.3. The van der Waals surface area contributed by atoms with Crippen molar-refractivity contribution in [1.29, 1.82) is 0 Å². The van der Waals surface area contributed by atoms with Gasteiger partial charge >= 0.3 is 6.18 Å². The number of alkyl halides is 3. The number of nitrogen functional groups attached to an aromatic ring is 1. The molecule has 0 saturated carbocycles. The molecule has 2 aromatic rings.